The summed E-state index contributed by atoms with van der Waals surface area (Å²) in [6.07, 6.45) is 2.77. The molecule has 0 aliphatic carbocycles. The molecule has 3 aromatic rings. The van der Waals surface area contributed by atoms with Gasteiger partial charge in [-0.2, -0.15) is 0 Å². The highest BCUT2D eigenvalue weighted by molar-refractivity contribution is 5.80. The fraction of sp³-hybridized carbons (Fsp3) is 0.304. The van der Waals surface area contributed by atoms with Gasteiger partial charge in [-0.1, -0.05) is 35.9 Å². The van der Waals surface area contributed by atoms with Gasteiger partial charge in [-0.05, 0) is 37.6 Å². The van der Waals surface area contributed by atoms with Crippen molar-refractivity contribution in [1.29, 1.82) is 0 Å². The molecule has 2 N–H and O–H groups in total. The molecule has 2 heterocycles. The van der Waals surface area contributed by atoms with E-state index in [9.17, 15) is 0 Å². The predicted molar refractivity (Wildman–Crippen MR) is 117 cm³/mol. The van der Waals surface area contributed by atoms with Crippen molar-refractivity contribution in [2.75, 3.05) is 25.0 Å². The Morgan fingerprint density at radius 3 is 2.72 bits per heavy atom. The summed E-state index contributed by atoms with van der Waals surface area (Å²) in [7, 11) is 1.79. The van der Waals surface area contributed by atoms with Gasteiger partial charge in [-0.3, -0.25) is 4.99 Å². The van der Waals surface area contributed by atoms with Crippen LogP contribution in [-0.4, -0.2) is 37.1 Å². The number of oxazole rings is 1. The fourth-order valence-corrected chi connectivity index (χ4v) is 3.53. The Hall–Kier alpha value is -3.28. The smallest absolute Gasteiger partial charge is 0.226 e. The summed E-state index contributed by atoms with van der Waals surface area (Å²) in [6, 6.07) is 19.0. The van der Waals surface area contributed by atoms with E-state index in [0.717, 1.165) is 36.7 Å². The molecule has 1 saturated heterocycles. The van der Waals surface area contributed by atoms with Gasteiger partial charge in [0.25, 0.3) is 0 Å². The lowest BCUT2D eigenvalue weighted by Gasteiger charge is -2.20. The second kappa shape index (κ2) is 8.82. The summed E-state index contributed by atoms with van der Waals surface area (Å²) in [4.78, 5) is 11.3. The first-order valence-corrected chi connectivity index (χ1v) is 10.00. The molecule has 1 aliphatic heterocycles. The molecule has 2 aromatic carbocycles. The van der Waals surface area contributed by atoms with E-state index < -0.39 is 0 Å². The summed E-state index contributed by atoms with van der Waals surface area (Å²) in [5.41, 5.74) is 4.39. The van der Waals surface area contributed by atoms with E-state index in [1.807, 2.05) is 30.3 Å². The monoisotopic (exact) mass is 389 g/mol. The van der Waals surface area contributed by atoms with Gasteiger partial charge in [-0.15, -0.1) is 0 Å². The Morgan fingerprint density at radius 2 is 1.97 bits per heavy atom. The Morgan fingerprint density at radius 1 is 1.17 bits per heavy atom. The summed E-state index contributed by atoms with van der Waals surface area (Å²) >= 11 is 0. The molecule has 1 aliphatic rings. The van der Waals surface area contributed by atoms with Gasteiger partial charge in [0, 0.05) is 37.4 Å². The zero-order valence-electron chi connectivity index (χ0n) is 16.9. The minimum Gasteiger partial charge on any atom is -0.444 e. The molecule has 1 aromatic heterocycles. The third-order valence-corrected chi connectivity index (χ3v) is 5.16. The number of hydrogen-bond donors (Lipinski definition) is 2. The van der Waals surface area contributed by atoms with Gasteiger partial charge in [-0.25, -0.2) is 4.98 Å². The lowest BCUT2D eigenvalue weighted by molar-refractivity contribution is 0.572. The Labute approximate surface area is 171 Å². The zero-order valence-corrected chi connectivity index (χ0v) is 16.9. The average Bonchev–Trinajstić information content (AvgIpc) is 3.42. The van der Waals surface area contributed by atoms with Crippen LogP contribution in [0.4, 0.5) is 5.69 Å². The predicted octanol–water partition coefficient (Wildman–Crippen LogP) is 3.59. The van der Waals surface area contributed by atoms with Crippen LogP contribution in [0.3, 0.4) is 0 Å². The molecule has 0 spiro atoms. The van der Waals surface area contributed by atoms with Crippen molar-refractivity contribution in [2.45, 2.75) is 25.9 Å². The first kappa shape index (κ1) is 19.1. The van der Waals surface area contributed by atoms with Crippen LogP contribution in [0.5, 0.6) is 0 Å². The summed E-state index contributed by atoms with van der Waals surface area (Å²) < 4.78 is 5.60. The number of rotatable bonds is 5. The number of nitrogens with zero attached hydrogens (tertiary/aromatic N) is 3. The molecule has 1 fully saturated rings. The van der Waals surface area contributed by atoms with E-state index in [0.29, 0.717) is 18.5 Å². The molecule has 6 heteroatoms. The molecule has 4 rings (SSSR count). The normalized spacial score (nSPS) is 16.8. The van der Waals surface area contributed by atoms with E-state index in [4.69, 9.17) is 4.42 Å². The maximum atomic E-state index is 5.60. The van der Waals surface area contributed by atoms with Crippen LogP contribution in [0.25, 0.3) is 11.5 Å². The first-order valence-electron chi connectivity index (χ1n) is 10.00. The van der Waals surface area contributed by atoms with Crippen LogP contribution < -0.4 is 15.5 Å². The molecular weight excluding hydrogens is 362 g/mol. The second-order valence-corrected chi connectivity index (χ2v) is 7.35. The average molecular weight is 390 g/mol. The van der Waals surface area contributed by atoms with Crippen molar-refractivity contribution >= 4 is 11.6 Å². The molecule has 150 valence electrons. The van der Waals surface area contributed by atoms with Crippen molar-refractivity contribution < 1.29 is 4.42 Å². The van der Waals surface area contributed by atoms with Crippen LogP contribution in [-0.2, 0) is 6.54 Å². The SMILES string of the molecule is CN=C(NCc1coc(-c2ccccc2)n1)NC1CCN(c2ccc(C)cc2)C1. The van der Waals surface area contributed by atoms with Gasteiger partial charge >= 0.3 is 0 Å². The van der Waals surface area contributed by atoms with Crippen molar-refractivity contribution in [3.8, 4) is 11.5 Å². The number of aliphatic imine (C=N–C) groups is 1. The number of guanidine groups is 1. The third kappa shape index (κ3) is 4.77. The summed E-state index contributed by atoms with van der Waals surface area (Å²) in [6.45, 7) is 4.68. The molecule has 0 radical (unpaired) electrons. The standard InChI is InChI=1S/C23H27N5O/c1-17-8-10-21(11-9-17)28-13-12-19(15-28)27-23(24-2)25-14-20-16-29-22(26-20)18-6-4-3-5-7-18/h3-11,16,19H,12-15H2,1-2H3,(H2,24,25,27). The van der Waals surface area contributed by atoms with Crippen LogP contribution in [0.1, 0.15) is 17.7 Å². The van der Waals surface area contributed by atoms with Crippen LogP contribution in [0.2, 0.25) is 0 Å². The number of aromatic nitrogens is 1. The quantitative estimate of drug-likeness (QED) is 0.516. The van der Waals surface area contributed by atoms with Crippen molar-refractivity contribution in [2.24, 2.45) is 4.99 Å². The minimum atomic E-state index is 0.361. The van der Waals surface area contributed by atoms with Crippen LogP contribution in [0, 0.1) is 6.92 Å². The van der Waals surface area contributed by atoms with Crippen LogP contribution >= 0.6 is 0 Å². The lowest BCUT2D eigenvalue weighted by atomic mass is 10.2. The molecular formula is C23H27N5O. The molecule has 1 unspecified atom stereocenters. The molecule has 29 heavy (non-hydrogen) atoms. The Kier molecular flexibility index (Phi) is 5.79. The van der Waals surface area contributed by atoms with Gasteiger partial charge in [0.2, 0.25) is 5.89 Å². The largest absolute Gasteiger partial charge is 0.444 e. The van der Waals surface area contributed by atoms with Crippen molar-refractivity contribution in [3.05, 3.63) is 72.1 Å². The van der Waals surface area contributed by atoms with E-state index >= 15 is 0 Å². The van der Waals surface area contributed by atoms with Gasteiger partial charge in [0.15, 0.2) is 5.96 Å². The number of aryl methyl sites for hydroxylation is 1. The number of hydrogen-bond acceptors (Lipinski definition) is 4. The Balaban J connectivity index is 1.29. The van der Waals surface area contributed by atoms with E-state index in [1.165, 1.54) is 11.3 Å². The van der Waals surface area contributed by atoms with E-state index in [1.54, 1.807) is 13.3 Å². The molecule has 0 bridgehead atoms. The van der Waals surface area contributed by atoms with E-state index in [2.05, 4.69) is 56.7 Å². The molecule has 6 nitrogen and oxygen atoms in total. The molecule has 0 amide bonds. The number of nitrogens with one attached hydrogen (secondary N) is 2. The fourth-order valence-electron chi connectivity index (χ4n) is 3.53. The van der Waals surface area contributed by atoms with Crippen LogP contribution in [0.15, 0.2) is 70.3 Å². The highest BCUT2D eigenvalue weighted by Gasteiger charge is 2.23. The van der Waals surface area contributed by atoms with Gasteiger partial charge in [0.1, 0.15) is 6.26 Å². The minimum absolute atomic E-state index is 0.361. The topological polar surface area (TPSA) is 65.7 Å². The maximum absolute atomic E-state index is 5.60. The summed E-state index contributed by atoms with van der Waals surface area (Å²) in [5, 5.41) is 6.86. The van der Waals surface area contributed by atoms with Crippen molar-refractivity contribution in [3.63, 3.8) is 0 Å². The van der Waals surface area contributed by atoms with Gasteiger partial charge < -0.3 is 20.0 Å². The first-order chi connectivity index (χ1) is 14.2. The van der Waals surface area contributed by atoms with Gasteiger partial charge in [0.05, 0.1) is 12.2 Å². The highest BCUT2D eigenvalue weighted by atomic mass is 16.3. The third-order valence-electron chi connectivity index (χ3n) is 5.16. The molecule has 1 atom stereocenters. The highest BCUT2D eigenvalue weighted by Crippen LogP contribution is 2.21. The number of anilines is 1. The number of benzene rings is 2. The second-order valence-electron chi connectivity index (χ2n) is 7.35. The maximum Gasteiger partial charge on any atom is 0.226 e. The van der Waals surface area contributed by atoms with Crippen molar-refractivity contribution in [1.82, 2.24) is 15.6 Å². The van der Waals surface area contributed by atoms with E-state index in [-0.39, 0.29) is 0 Å². The zero-order chi connectivity index (χ0) is 20.1. The Bertz CT molecular complexity index is 949. The summed E-state index contributed by atoms with van der Waals surface area (Å²) in [5.74, 6) is 1.42. The molecule has 0 saturated carbocycles. The lowest BCUT2D eigenvalue weighted by Crippen LogP contribution is -2.44.